The van der Waals surface area contributed by atoms with Crippen LogP contribution >= 0.6 is 22.6 Å². The van der Waals surface area contributed by atoms with Crippen LogP contribution in [0.15, 0.2) is 30.5 Å². The van der Waals surface area contributed by atoms with Gasteiger partial charge in [-0.3, -0.25) is 5.10 Å². The topological polar surface area (TPSA) is 78.5 Å². The minimum absolute atomic E-state index is 0.546. The van der Waals surface area contributed by atoms with Crippen molar-refractivity contribution in [3.63, 3.8) is 0 Å². The lowest BCUT2D eigenvalue weighted by atomic mass is 10.3. The highest BCUT2D eigenvalue weighted by atomic mass is 127. The van der Waals surface area contributed by atoms with Crippen molar-refractivity contribution in [3.05, 3.63) is 34.0 Å². The van der Waals surface area contributed by atoms with Crippen LogP contribution < -0.4 is 10.6 Å². The highest BCUT2D eigenvalue weighted by Crippen LogP contribution is 2.24. The maximum absolute atomic E-state index is 4.42. The van der Waals surface area contributed by atoms with Gasteiger partial charge in [0.2, 0.25) is 5.95 Å². The molecule has 0 aliphatic carbocycles. The summed E-state index contributed by atoms with van der Waals surface area (Å²) in [5, 5.41) is 13.9. The van der Waals surface area contributed by atoms with Gasteiger partial charge in [-0.1, -0.05) is 6.07 Å². The monoisotopic (exact) mass is 366 g/mol. The predicted octanol–water partition coefficient (Wildman–Crippen LogP) is 2.74. The molecule has 0 saturated carbocycles. The van der Waals surface area contributed by atoms with Crippen LogP contribution in [0.4, 0.5) is 17.5 Å². The minimum atomic E-state index is 0.546. The molecule has 3 aromatic rings. The Morgan fingerprint density at radius 3 is 2.95 bits per heavy atom. The molecule has 0 unspecified atom stereocenters. The zero-order chi connectivity index (χ0) is 13.2. The van der Waals surface area contributed by atoms with E-state index in [1.807, 2.05) is 24.3 Å². The summed E-state index contributed by atoms with van der Waals surface area (Å²) in [5.74, 6) is 1.27. The molecular formula is C12H11IN6. The van der Waals surface area contributed by atoms with E-state index in [1.165, 1.54) is 0 Å². The molecule has 96 valence electrons. The summed E-state index contributed by atoms with van der Waals surface area (Å²) in [5.41, 5.74) is 1.68. The molecule has 3 rings (SSSR count). The van der Waals surface area contributed by atoms with Crippen LogP contribution in [-0.2, 0) is 0 Å². The maximum Gasteiger partial charge on any atom is 0.226 e. The summed E-state index contributed by atoms with van der Waals surface area (Å²) < 4.78 is 1.16. The Labute approximate surface area is 123 Å². The van der Waals surface area contributed by atoms with Crippen molar-refractivity contribution in [2.24, 2.45) is 0 Å². The third kappa shape index (κ3) is 2.46. The van der Waals surface area contributed by atoms with Crippen molar-refractivity contribution in [1.82, 2.24) is 20.2 Å². The standard InChI is InChI=1S/C12H11IN6/c1-14-12-17-10(9-6-15-19-11(9)18-12)16-8-4-2-3-7(13)5-8/h2-6H,1H3,(H3,14,15,16,17,18,19). The van der Waals surface area contributed by atoms with Crippen molar-refractivity contribution in [2.75, 3.05) is 17.7 Å². The number of hydrogen-bond donors (Lipinski definition) is 3. The number of aromatic nitrogens is 4. The molecule has 0 aliphatic heterocycles. The highest BCUT2D eigenvalue weighted by Gasteiger charge is 2.09. The SMILES string of the molecule is CNc1nc(Nc2cccc(I)c2)c2cn[nH]c2n1. The number of benzene rings is 1. The summed E-state index contributed by atoms with van der Waals surface area (Å²) in [6.45, 7) is 0. The van der Waals surface area contributed by atoms with E-state index in [1.54, 1.807) is 13.2 Å². The molecule has 1 aromatic carbocycles. The lowest BCUT2D eigenvalue weighted by Crippen LogP contribution is -2.01. The van der Waals surface area contributed by atoms with Crippen LogP contribution in [0.5, 0.6) is 0 Å². The molecule has 0 bridgehead atoms. The second-order valence-corrected chi connectivity index (χ2v) is 5.16. The van der Waals surface area contributed by atoms with E-state index in [2.05, 4.69) is 53.4 Å². The fourth-order valence-corrected chi connectivity index (χ4v) is 2.29. The van der Waals surface area contributed by atoms with Crippen LogP contribution in [0.3, 0.4) is 0 Å². The summed E-state index contributed by atoms with van der Waals surface area (Å²) >= 11 is 2.28. The Hall–Kier alpha value is -1.90. The molecular weight excluding hydrogens is 355 g/mol. The van der Waals surface area contributed by atoms with Gasteiger partial charge in [0.05, 0.1) is 11.6 Å². The first kappa shape index (κ1) is 12.2. The molecule has 0 amide bonds. The van der Waals surface area contributed by atoms with Gasteiger partial charge in [-0.2, -0.15) is 15.1 Å². The van der Waals surface area contributed by atoms with Gasteiger partial charge in [0.15, 0.2) is 5.65 Å². The normalized spacial score (nSPS) is 10.6. The number of rotatable bonds is 3. The second-order valence-electron chi connectivity index (χ2n) is 3.91. The summed E-state index contributed by atoms with van der Waals surface area (Å²) in [4.78, 5) is 8.71. The van der Waals surface area contributed by atoms with Gasteiger partial charge in [0.25, 0.3) is 0 Å². The van der Waals surface area contributed by atoms with Gasteiger partial charge in [-0.15, -0.1) is 0 Å². The second kappa shape index (κ2) is 5.00. The average Bonchev–Trinajstić information content (AvgIpc) is 2.87. The van der Waals surface area contributed by atoms with E-state index in [0.717, 1.165) is 20.5 Å². The Morgan fingerprint density at radius 1 is 1.26 bits per heavy atom. The molecule has 0 saturated heterocycles. The highest BCUT2D eigenvalue weighted by molar-refractivity contribution is 14.1. The first-order valence-electron chi connectivity index (χ1n) is 5.68. The number of fused-ring (bicyclic) bond motifs is 1. The van der Waals surface area contributed by atoms with Gasteiger partial charge in [0, 0.05) is 16.3 Å². The third-order valence-corrected chi connectivity index (χ3v) is 3.29. The number of aromatic amines is 1. The summed E-state index contributed by atoms with van der Waals surface area (Å²) in [6.07, 6.45) is 1.71. The number of nitrogens with one attached hydrogen (secondary N) is 3. The lowest BCUT2D eigenvalue weighted by Gasteiger charge is -2.08. The maximum atomic E-state index is 4.42. The molecule has 0 atom stereocenters. The van der Waals surface area contributed by atoms with Crippen molar-refractivity contribution in [1.29, 1.82) is 0 Å². The van der Waals surface area contributed by atoms with Crippen molar-refractivity contribution in [3.8, 4) is 0 Å². The smallest absolute Gasteiger partial charge is 0.226 e. The Kier molecular flexibility index (Phi) is 3.20. The van der Waals surface area contributed by atoms with Gasteiger partial charge < -0.3 is 10.6 Å². The van der Waals surface area contributed by atoms with E-state index in [9.17, 15) is 0 Å². The molecule has 0 radical (unpaired) electrons. The molecule has 6 nitrogen and oxygen atoms in total. The molecule has 0 aliphatic rings. The Bertz CT molecular complexity index is 723. The molecule has 0 spiro atoms. The van der Waals surface area contributed by atoms with Crippen LogP contribution in [-0.4, -0.2) is 27.2 Å². The zero-order valence-electron chi connectivity index (χ0n) is 10.1. The van der Waals surface area contributed by atoms with E-state index in [-0.39, 0.29) is 0 Å². The molecule has 19 heavy (non-hydrogen) atoms. The largest absolute Gasteiger partial charge is 0.357 e. The van der Waals surface area contributed by atoms with Gasteiger partial charge in [-0.05, 0) is 40.8 Å². The molecule has 2 aromatic heterocycles. The van der Waals surface area contributed by atoms with Gasteiger partial charge in [0.1, 0.15) is 5.82 Å². The van der Waals surface area contributed by atoms with E-state index >= 15 is 0 Å². The fraction of sp³-hybridized carbons (Fsp3) is 0.0833. The first-order valence-corrected chi connectivity index (χ1v) is 6.75. The quantitative estimate of drug-likeness (QED) is 0.622. The zero-order valence-corrected chi connectivity index (χ0v) is 12.3. The van der Waals surface area contributed by atoms with Crippen molar-refractivity contribution < 1.29 is 0 Å². The number of halogens is 1. The summed E-state index contributed by atoms with van der Waals surface area (Å²) in [6, 6.07) is 8.08. The van der Waals surface area contributed by atoms with Crippen molar-refractivity contribution >= 4 is 51.1 Å². The molecule has 0 fully saturated rings. The predicted molar refractivity (Wildman–Crippen MR) is 83.7 cm³/mol. The van der Waals surface area contributed by atoms with E-state index in [4.69, 9.17) is 0 Å². The average molecular weight is 366 g/mol. The molecule has 2 heterocycles. The Morgan fingerprint density at radius 2 is 2.16 bits per heavy atom. The number of nitrogens with zero attached hydrogens (tertiary/aromatic N) is 3. The van der Waals surface area contributed by atoms with Crippen LogP contribution in [0.1, 0.15) is 0 Å². The van der Waals surface area contributed by atoms with E-state index in [0.29, 0.717) is 11.6 Å². The summed E-state index contributed by atoms with van der Waals surface area (Å²) in [7, 11) is 1.78. The van der Waals surface area contributed by atoms with Gasteiger partial charge >= 0.3 is 0 Å². The number of anilines is 3. The molecule has 3 N–H and O–H groups in total. The van der Waals surface area contributed by atoms with E-state index < -0.39 is 0 Å². The van der Waals surface area contributed by atoms with Crippen LogP contribution in [0.2, 0.25) is 0 Å². The lowest BCUT2D eigenvalue weighted by molar-refractivity contribution is 1.09. The number of H-pyrrole nitrogens is 1. The van der Waals surface area contributed by atoms with Crippen LogP contribution in [0, 0.1) is 3.57 Å². The van der Waals surface area contributed by atoms with Crippen molar-refractivity contribution in [2.45, 2.75) is 0 Å². The third-order valence-electron chi connectivity index (χ3n) is 2.62. The fourth-order valence-electron chi connectivity index (χ4n) is 1.74. The minimum Gasteiger partial charge on any atom is -0.357 e. The van der Waals surface area contributed by atoms with Gasteiger partial charge in [-0.25, -0.2) is 0 Å². The Balaban J connectivity index is 2.06. The molecule has 7 heteroatoms. The first-order chi connectivity index (χ1) is 9.26. The number of hydrogen-bond acceptors (Lipinski definition) is 5. The van der Waals surface area contributed by atoms with Crippen LogP contribution in [0.25, 0.3) is 11.0 Å².